The van der Waals surface area contributed by atoms with Gasteiger partial charge in [-0.15, -0.1) is 0 Å². The molecule has 0 radical (unpaired) electrons. The molecule has 0 saturated heterocycles. The Morgan fingerprint density at radius 3 is 0.884 bits per heavy atom. The van der Waals surface area contributed by atoms with Gasteiger partial charge in [0.15, 0.2) is 0 Å². The van der Waals surface area contributed by atoms with Crippen LogP contribution in [0.15, 0.2) is 36.4 Å². The number of rotatable bonds is 9. The van der Waals surface area contributed by atoms with Crippen molar-refractivity contribution >= 4 is 105 Å². The normalized spacial score (nSPS) is 9.70. The first kappa shape index (κ1) is 40.7. The number of hydrogen-bond donors (Lipinski definition) is 0. The minimum absolute atomic E-state index is 0. The van der Waals surface area contributed by atoms with Gasteiger partial charge < -0.3 is 43.9 Å². The van der Waals surface area contributed by atoms with Crippen LogP contribution < -0.4 is 29.5 Å². The second-order valence-electron chi connectivity index (χ2n) is 7.38. The monoisotopic (exact) mass is 726 g/mol. The third-order valence-electron chi connectivity index (χ3n) is 4.68. The number of ether oxygens (including phenoxy) is 3. The van der Waals surface area contributed by atoms with Gasteiger partial charge in [-0.25, -0.2) is 0 Å². The molecule has 0 spiro atoms. The summed E-state index contributed by atoms with van der Waals surface area (Å²) in [6.45, 7) is 6.07. The maximum absolute atomic E-state index is 10.7. The second-order valence-corrected chi connectivity index (χ2v) is 9.73. The fourth-order valence-electron chi connectivity index (χ4n) is 2.93. The Hall–Kier alpha value is -2.26. The van der Waals surface area contributed by atoms with E-state index in [2.05, 4.69) is 0 Å². The molecule has 3 aromatic carbocycles. The van der Waals surface area contributed by atoms with Gasteiger partial charge in [0.1, 0.15) is 32.3 Å². The predicted octanol–water partition coefficient (Wildman–Crippen LogP) is 4.89. The van der Waals surface area contributed by atoms with Gasteiger partial charge >= 0.3 is 17.4 Å². The van der Waals surface area contributed by atoms with E-state index in [4.69, 9.17) is 83.8 Å². The third-order valence-corrected chi connectivity index (χ3v) is 7.04. The Morgan fingerprint density at radius 1 is 0.512 bits per heavy atom. The smallest absolute Gasteiger partial charge is 0.545 e. The van der Waals surface area contributed by atoms with E-state index in [1.807, 2.05) is 0 Å². The molecule has 0 N–H and O–H groups in total. The molecule has 3 aromatic rings. The van der Waals surface area contributed by atoms with E-state index in [1.54, 1.807) is 20.8 Å². The summed E-state index contributed by atoms with van der Waals surface area (Å²) in [5, 5.41) is 33.0. The molecule has 43 heavy (non-hydrogen) atoms. The standard InChI is InChI=1S/3C9H8Cl2O3.Al/c3*1-2-14-8-5(9(12)13)3-4-6(10)7(8)11;/h3*3-4H,2H2,1H3,(H,12,13);/q;;;+3/p-3. The van der Waals surface area contributed by atoms with E-state index in [1.165, 1.54) is 36.4 Å². The molecule has 228 valence electrons. The Labute approximate surface area is 288 Å². The van der Waals surface area contributed by atoms with Crippen molar-refractivity contribution in [2.24, 2.45) is 0 Å². The van der Waals surface area contributed by atoms with Crippen molar-refractivity contribution < 1.29 is 43.9 Å². The summed E-state index contributed by atoms with van der Waals surface area (Å²) in [6.07, 6.45) is 0. The van der Waals surface area contributed by atoms with Gasteiger partial charge in [-0.2, -0.15) is 0 Å². The quantitative estimate of drug-likeness (QED) is 0.281. The van der Waals surface area contributed by atoms with Crippen molar-refractivity contribution in [2.75, 3.05) is 19.8 Å². The summed E-state index contributed by atoms with van der Waals surface area (Å²) in [5.74, 6) is -3.85. The van der Waals surface area contributed by atoms with Crippen LogP contribution >= 0.6 is 69.6 Å². The molecule has 9 nitrogen and oxygen atoms in total. The summed E-state index contributed by atoms with van der Waals surface area (Å²) >= 11 is 34.4. The van der Waals surface area contributed by atoms with Gasteiger partial charge in [0.25, 0.3) is 0 Å². The number of aromatic carboxylic acids is 3. The van der Waals surface area contributed by atoms with Gasteiger partial charge in [-0.1, -0.05) is 69.6 Å². The minimum Gasteiger partial charge on any atom is -0.545 e. The van der Waals surface area contributed by atoms with Crippen LogP contribution in [0.3, 0.4) is 0 Å². The number of carboxylic acids is 3. The average Bonchev–Trinajstić information content (AvgIpc) is 2.93. The van der Waals surface area contributed by atoms with Crippen molar-refractivity contribution in [1.29, 1.82) is 0 Å². The van der Waals surface area contributed by atoms with Crippen molar-refractivity contribution in [3.05, 3.63) is 83.2 Å². The van der Waals surface area contributed by atoms with E-state index in [0.29, 0.717) is 19.8 Å². The molecule has 0 atom stereocenters. The van der Waals surface area contributed by atoms with E-state index in [0.717, 1.165) is 0 Å². The molecule has 0 bridgehead atoms. The van der Waals surface area contributed by atoms with Gasteiger partial charge in [0, 0.05) is 16.7 Å². The fraction of sp³-hybridized carbons (Fsp3) is 0.222. The van der Waals surface area contributed by atoms with Crippen LogP contribution in [-0.2, 0) is 0 Å². The number of carbonyl (C=O) groups excluding carboxylic acids is 3. The second kappa shape index (κ2) is 19.9. The van der Waals surface area contributed by atoms with Crippen LogP contribution in [0, 0.1) is 0 Å². The number of carboxylic acid groups (broad SMARTS) is 3. The van der Waals surface area contributed by atoms with E-state index in [-0.39, 0.29) is 81.4 Å². The fourth-order valence-corrected chi connectivity index (χ4v) is 4.04. The van der Waals surface area contributed by atoms with Crippen LogP contribution in [0.5, 0.6) is 17.2 Å². The van der Waals surface area contributed by atoms with E-state index < -0.39 is 17.9 Å². The number of benzene rings is 3. The SMILES string of the molecule is CCOc1c(C(=O)[O-])ccc(Cl)c1Cl.CCOc1c(C(=O)[O-])ccc(Cl)c1Cl.CCOc1c(C(=O)[O-])ccc(Cl)c1Cl.[Al+3]. The largest absolute Gasteiger partial charge is 3.00 e. The van der Waals surface area contributed by atoms with E-state index in [9.17, 15) is 29.7 Å². The summed E-state index contributed by atoms with van der Waals surface area (Å²) in [6, 6.07) is 8.06. The van der Waals surface area contributed by atoms with Gasteiger partial charge in [0.05, 0.1) is 52.8 Å². The molecule has 0 fully saturated rings. The van der Waals surface area contributed by atoms with Crippen LogP contribution in [-0.4, -0.2) is 55.1 Å². The predicted molar refractivity (Wildman–Crippen MR) is 162 cm³/mol. The summed E-state index contributed by atoms with van der Waals surface area (Å²) < 4.78 is 15.2. The Morgan fingerprint density at radius 2 is 0.721 bits per heavy atom. The first-order valence-electron chi connectivity index (χ1n) is 11.7. The summed E-state index contributed by atoms with van der Waals surface area (Å²) in [5.41, 5.74) is -0.288. The molecular weight excluding hydrogens is 708 g/mol. The summed E-state index contributed by atoms with van der Waals surface area (Å²) in [7, 11) is 0. The molecule has 0 unspecified atom stereocenters. The third kappa shape index (κ3) is 11.6. The van der Waals surface area contributed by atoms with Gasteiger partial charge in [-0.05, 0) is 57.2 Å². The van der Waals surface area contributed by atoms with Crippen LogP contribution in [0.4, 0.5) is 0 Å². The molecular formula is C27H21AlCl6O9. The average molecular weight is 729 g/mol. The first-order chi connectivity index (χ1) is 19.7. The molecule has 0 aromatic heterocycles. The van der Waals surface area contributed by atoms with Crippen molar-refractivity contribution in [3.8, 4) is 17.2 Å². The van der Waals surface area contributed by atoms with Crippen molar-refractivity contribution in [1.82, 2.24) is 0 Å². The van der Waals surface area contributed by atoms with E-state index >= 15 is 0 Å². The zero-order valence-corrected chi connectivity index (χ0v) is 28.3. The molecule has 3 rings (SSSR count). The van der Waals surface area contributed by atoms with Crippen molar-refractivity contribution in [3.63, 3.8) is 0 Å². The first-order valence-corrected chi connectivity index (χ1v) is 14.0. The molecule has 0 aliphatic heterocycles. The Bertz CT molecular complexity index is 1270. The Kier molecular flexibility index (Phi) is 18.9. The zero-order chi connectivity index (χ0) is 32.1. The minimum atomic E-state index is -1.34. The van der Waals surface area contributed by atoms with Gasteiger partial charge in [0.2, 0.25) is 0 Å². The molecule has 0 saturated carbocycles. The number of halogens is 6. The van der Waals surface area contributed by atoms with Crippen LogP contribution in [0.1, 0.15) is 51.8 Å². The topological polar surface area (TPSA) is 148 Å². The molecule has 16 heteroatoms. The molecule has 0 aliphatic carbocycles. The Balaban J connectivity index is 0.000000608. The van der Waals surface area contributed by atoms with Crippen LogP contribution in [0.2, 0.25) is 30.1 Å². The molecule has 0 aliphatic rings. The van der Waals surface area contributed by atoms with Crippen molar-refractivity contribution in [2.45, 2.75) is 20.8 Å². The number of hydrogen-bond acceptors (Lipinski definition) is 9. The summed E-state index contributed by atoms with van der Waals surface area (Å²) in [4.78, 5) is 32.0. The maximum Gasteiger partial charge on any atom is 3.00 e. The molecule has 0 amide bonds. The zero-order valence-electron chi connectivity index (χ0n) is 22.6. The molecule has 0 heterocycles. The maximum atomic E-state index is 10.7. The van der Waals surface area contributed by atoms with Gasteiger partial charge in [-0.3, -0.25) is 0 Å². The van der Waals surface area contributed by atoms with Crippen LogP contribution in [0.25, 0.3) is 0 Å². The number of carbonyl (C=O) groups is 3.